The van der Waals surface area contributed by atoms with Crippen molar-refractivity contribution in [1.29, 1.82) is 0 Å². The first-order valence-electron chi connectivity index (χ1n) is 5.99. The van der Waals surface area contributed by atoms with Gasteiger partial charge in [-0.1, -0.05) is 0 Å². The van der Waals surface area contributed by atoms with Crippen LogP contribution >= 0.6 is 0 Å². The van der Waals surface area contributed by atoms with Crippen LogP contribution in [0.5, 0.6) is 5.75 Å². The van der Waals surface area contributed by atoms with Gasteiger partial charge in [-0.3, -0.25) is 9.59 Å². The minimum absolute atomic E-state index is 0.148. The fraction of sp³-hybridized carbons (Fsp3) is 0.308. The van der Waals surface area contributed by atoms with Crippen LogP contribution in [-0.4, -0.2) is 49.3 Å². The van der Waals surface area contributed by atoms with Gasteiger partial charge in [0.2, 0.25) is 0 Å². The van der Waals surface area contributed by atoms with Gasteiger partial charge in [0.15, 0.2) is 12.7 Å². The monoisotopic (exact) mass is 296 g/mol. The van der Waals surface area contributed by atoms with Crippen LogP contribution in [0.4, 0.5) is 0 Å². The van der Waals surface area contributed by atoms with Crippen molar-refractivity contribution in [2.24, 2.45) is 5.73 Å². The average molecular weight is 296 g/mol. The fourth-order valence-corrected chi connectivity index (χ4v) is 1.42. The number of carboxylic acids is 1. The van der Waals surface area contributed by atoms with E-state index >= 15 is 0 Å². The molecule has 0 saturated carbocycles. The summed E-state index contributed by atoms with van der Waals surface area (Å²) < 4.78 is 9.74. The third-order valence-electron chi connectivity index (χ3n) is 2.51. The Morgan fingerprint density at radius 3 is 2.38 bits per heavy atom. The normalized spacial score (nSPS) is 11.5. The smallest absolute Gasteiger partial charge is 0.334 e. The number of carbonyl (C=O) groups is 3. The summed E-state index contributed by atoms with van der Waals surface area (Å²) in [4.78, 5) is 33.1. The second-order valence-electron chi connectivity index (χ2n) is 4.05. The molecule has 0 aliphatic heterocycles. The first-order chi connectivity index (χ1) is 9.93. The average Bonchev–Trinajstić information content (AvgIpc) is 2.45. The molecule has 114 valence electrons. The number of carboxylic acid groups (broad SMARTS) is 1. The molecule has 0 spiro atoms. The van der Waals surface area contributed by atoms with E-state index in [1.165, 1.54) is 31.4 Å². The van der Waals surface area contributed by atoms with E-state index in [1.807, 2.05) is 0 Å². The first kappa shape index (κ1) is 16.4. The van der Waals surface area contributed by atoms with E-state index in [2.05, 4.69) is 5.32 Å². The highest BCUT2D eigenvalue weighted by molar-refractivity contribution is 5.94. The van der Waals surface area contributed by atoms with Crippen LogP contribution < -0.4 is 15.8 Å². The van der Waals surface area contributed by atoms with E-state index in [1.54, 1.807) is 0 Å². The Balaban J connectivity index is 2.55. The van der Waals surface area contributed by atoms with E-state index < -0.39 is 23.9 Å². The Labute approximate surface area is 120 Å². The van der Waals surface area contributed by atoms with Gasteiger partial charge < -0.3 is 25.6 Å². The van der Waals surface area contributed by atoms with Crippen LogP contribution in [0.25, 0.3) is 0 Å². The van der Waals surface area contributed by atoms with E-state index in [9.17, 15) is 14.4 Å². The lowest BCUT2D eigenvalue weighted by atomic mass is 10.2. The van der Waals surface area contributed by atoms with Crippen molar-refractivity contribution in [2.45, 2.75) is 6.10 Å². The zero-order valence-electron chi connectivity index (χ0n) is 11.4. The van der Waals surface area contributed by atoms with Crippen molar-refractivity contribution < 1.29 is 29.0 Å². The summed E-state index contributed by atoms with van der Waals surface area (Å²) in [6.45, 7) is -0.399. The molecule has 1 atom stereocenters. The van der Waals surface area contributed by atoms with Gasteiger partial charge in [-0.25, -0.2) is 4.79 Å². The second-order valence-corrected chi connectivity index (χ2v) is 4.05. The van der Waals surface area contributed by atoms with Crippen LogP contribution in [0.1, 0.15) is 10.4 Å². The van der Waals surface area contributed by atoms with Gasteiger partial charge in [-0.2, -0.15) is 0 Å². The molecule has 0 aromatic heterocycles. The third-order valence-corrected chi connectivity index (χ3v) is 2.51. The van der Waals surface area contributed by atoms with E-state index in [0.717, 1.165) is 0 Å². The number of nitrogens with one attached hydrogen (secondary N) is 1. The van der Waals surface area contributed by atoms with Crippen molar-refractivity contribution in [3.63, 3.8) is 0 Å². The number of rotatable bonds is 8. The Kier molecular flexibility index (Phi) is 6.15. The van der Waals surface area contributed by atoms with E-state index in [4.69, 9.17) is 20.3 Å². The number of hydrogen-bond donors (Lipinski definition) is 3. The van der Waals surface area contributed by atoms with Gasteiger partial charge in [0.1, 0.15) is 5.75 Å². The minimum Gasteiger partial charge on any atom is -0.484 e. The molecule has 2 amide bonds. The molecule has 0 saturated heterocycles. The maximum Gasteiger partial charge on any atom is 0.334 e. The molecule has 8 heteroatoms. The summed E-state index contributed by atoms with van der Waals surface area (Å²) in [5.41, 5.74) is 5.26. The van der Waals surface area contributed by atoms with Gasteiger partial charge in [0.05, 0.1) is 6.54 Å². The highest BCUT2D eigenvalue weighted by atomic mass is 16.5. The van der Waals surface area contributed by atoms with Crippen molar-refractivity contribution in [3.05, 3.63) is 29.8 Å². The van der Waals surface area contributed by atoms with Crippen LogP contribution in [0, 0.1) is 0 Å². The second kappa shape index (κ2) is 7.85. The van der Waals surface area contributed by atoms with Crippen molar-refractivity contribution >= 4 is 17.8 Å². The highest BCUT2D eigenvalue weighted by Crippen LogP contribution is 2.12. The zero-order chi connectivity index (χ0) is 15.8. The predicted molar refractivity (Wildman–Crippen MR) is 71.9 cm³/mol. The molecule has 4 N–H and O–H groups in total. The van der Waals surface area contributed by atoms with Gasteiger partial charge >= 0.3 is 5.97 Å². The molecule has 0 aliphatic carbocycles. The van der Waals surface area contributed by atoms with Crippen LogP contribution in [0.15, 0.2) is 24.3 Å². The molecule has 1 rings (SSSR count). The fourth-order valence-electron chi connectivity index (χ4n) is 1.42. The third kappa shape index (κ3) is 5.49. The molecule has 0 heterocycles. The Morgan fingerprint density at radius 2 is 1.90 bits per heavy atom. The molecular weight excluding hydrogens is 280 g/mol. The maximum atomic E-state index is 11.8. The standard InChI is InChI=1S/C13H16N2O6/c1-20-10(13(18)19)6-15-12(17)8-2-4-9(5-3-8)21-7-11(14)16/h2-5,10H,6-7H2,1H3,(H2,14,16)(H,15,17)(H,18,19). The lowest BCUT2D eigenvalue weighted by molar-refractivity contribution is -0.148. The summed E-state index contributed by atoms with van der Waals surface area (Å²) >= 11 is 0. The maximum absolute atomic E-state index is 11.8. The van der Waals surface area contributed by atoms with Crippen LogP contribution in [0.2, 0.25) is 0 Å². The number of methoxy groups -OCH3 is 1. The molecule has 1 aromatic rings. The molecule has 8 nitrogen and oxygen atoms in total. The zero-order valence-corrected chi connectivity index (χ0v) is 11.4. The molecule has 0 fully saturated rings. The molecule has 0 radical (unpaired) electrons. The molecule has 0 aliphatic rings. The number of hydrogen-bond acceptors (Lipinski definition) is 5. The van der Waals surface area contributed by atoms with Gasteiger partial charge in [0, 0.05) is 12.7 Å². The summed E-state index contributed by atoms with van der Waals surface area (Å²) in [7, 11) is 1.25. The number of aliphatic carboxylic acids is 1. The van der Waals surface area contributed by atoms with Crippen LogP contribution in [0.3, 0.4) is 0 Å². The molecule has 21 heavy (non-hydrogen) atoms. The van der Waals surface area contributed by atoms with E-state index in [0.29, 0.717) is 11.3 Å². The number of nitrogens with two attached hydrogens (primary N) is 1. The van der Waals surface area contributed by atoms with Crippen molar-refractivity contribution in [2.75, 3.05) is 20.3 Å². The quantitative estimate of drug-likeness (QED) is 0.586. The minimum atomic E-state index is -1.16. The van der Waals surface area contributed by atoms with Gasteiger partial charge in [0.25, 0.3) is 11.8 Å². The Bertz CT molecular complexity index is 514. The summed E-state index contributed by atoms with van der Waals surface area (Å²) in [6, 6.07) is 5.97. The van der Waals surface area contributed by atoms with Gasteiger partial charge in [-0.05, 0) is 24.3 Å². The first-order valence-corrected chi connectivity index (χ1v) is 5.99. The van der Waals surface area contributed by atoms with Gasteiger partial charge in [-0.15, -0.1) is 0 Å². The molecule has 1 aromatic carbocycles. The van der Waals surface area contributed by atoms with Crippen molar-refractivity contribution in [3.8, 4) is 5.75 Å². The number of primary amides is 1. The number of benzene rings is 1. The van der Waals surface area contributed by atoms with Crippen molar-refractivity contribution in [1.82, 2.24) is 5.32 Å². The summed E-state index contributed by atoms with van der Waals surface area (Å²) in [5, 5.41) is 11.2. The summed E-state index contributed by atoms with van der Waals surface area (Å²) in [5.74, 6) is -1.81. The summed E-state index contributed by atoms with van der Waals surface area (Å²) in [6.07, 6.45) is -1.10. The number of carbonyl (C=O) groups excluding carboxylic acids is 2. The number of ether oxygens (including phenoxy) is 2. The van der Waals surface area contributed by atoms with Crippen LogP contribution in [-0.2, 0) is 14.3 Å². The lowest BCUT2D eigenvalue weighted by Crippen LogP contribution is -2.37. The Morgan fingerprint density at radius 1 is 1.29 bits per heavy atom. The molecular formula is C13H16N2O6. The number of amides is 2. The Hall–Kier alpha value is -2.61. The largest absolute Gasteiger partial charge is 0.484 e. The lowest BCUT2D eigenvalue weighted by Gasteiger charge is -2.11. The predicted octanol–water partition coefficient (Wildman–Crippen LogP) is -0.620. The SMILES string of the molecule is COC(CNC(=O)c1ccc(OCC(N)=O)cc1)C(=O)O. The molecule has 1 unspecified atom stereocenters. The van der Waals surface area contributed by atoms with E-state index in [-0.39, 0.29) is 13.2 Å². The highest BCUT2D eigenvalue weighted by Gasteiger charge is 2.17. The molecule has 0 bridgehead atoms. The topological polar surface area (TPSA) is 128 Å².